The van der Waals surface area contributed by atoms with Crippen LogP contribution in [0, 0.1) is 0 Å². The predicted octanol–water partition coefficient (Wildman–Crippen LogP) is 3.58. The number of amides is 1. The third-order valence-electron chi connectivity index (χ3n) is 3.86. The molecule has 0 bridgehead atoms. The summed E-state index contributed by atoms with van der Waals surface area (Å²) in [6.07, 6.45) is -2.43. The van der Waals surface area contributed by atoms with Crippen LogP contribution in [-0.4, -0.2) is 42.2 Å². The smallest absolute Gasteiger partial charge is 0.378 e. The summed E-state index contributed by atoms with van der Waals surface area (Å²) in [7, 11) is 0. The normalized spacial score (nSPS) is 14.1. The van der Waals surface area contributed by atoms with Gasteiger partial charge in [-0.1, -0.05) is 13.8 Å². The second kappa shape index (κ2) is 10.4. The number of nitrogens with zero attached hydrogens (tertiary/aromatic N) is 3. The first-order valence-electron chi connectivity index (χ1n) is 8.92. The topological polar surface area (TPSA) is 93.4 Å². The number of nitrogens with one attached hydrogen (secondary N) is 1. The Morgan fingerprint density at radius 2 is 1.93 bits per heavy atom. The van der Waals surface area contributed by atoms with Crippen molar-refractivity contribution in [3.63, 3.8) is 0 Å². The Labute approximate surface area is 171 Å². The number of carbonyl (C=O) groups excluding carboxylic acids is 1. The zero-order valence-corrected chi connectivity index (χ0v) is 16.8. The fourth-order valence-electron chi connectivity index (χ4n) is 2.56. The van der Waals surface area contributed by atoms with Crippen molar-refractivity contribution in [2.75, 3.05) is 36.5 Å². The highest BCUT2D eigenvalue weighted by molar-refractivity contribution is 7.97. The lowest BCUT2D eigenvalue weighted by Crippen LogP contribution is -2.38. The lowest BCUT2D eigenvalue weighted by Gasteiger charge is -2.29. The summed E-state index contributed by atoms with van der Waals surface area (Å²) in [5, 5.41) is 8.48. The minimum atomic E-state index is -4.61. The summed E-state index contributed by atoms with van der Waals surface area (Å²) in [4.78, 5) is 22.3. The Morgan fingerprint density at radius 1 is 1.24 bits per heavy atom. The number of hydrogen-bond donors (Lipinski definition) is 2. The zero-order chi connectivity index (χ0) is 21.4. The molecule has 3 N–H and O–H groups in total. The first-order valence-corrected chi connectivity index (χ1v) is 9.80. The zero-order valence-electron chi connectivity index (χ0n) is 16.0. The average Bonchev–Trinajstić information content (AvgIpc) is 2.75. The molecule has 1 fully saturated rings. The Morgan fingerprint density at radius 3 is 2.55 bits per heavy atom. The second-order valence-corrected chi connectivity index (χ2v) is 6.30. The van der Waals surface area contributed by atoms with Crippen LogP contribution in [0.15, 0.2) is 35.6 Å². The fourth-order valence-corrected chi connectivity index (χ4v) is 2.87. The van der Waals surface area contributed by atoms with Crippen molar-refractivity contribution in [3.8, 4) is 0 Å². The molecule has 0 radical (unpaired) electrons. The minimum Gasteiger partial charge on any atom is -0.378 e. The molecule has 2 aromatic heterocycles. The molecule has 2 aromatic rings. The maximum atomic E-state index is 13.1. The molecule has 0 aliphatic carbocycles. The highest BCUT2D eigenvalue weighted by Crippen LogP contribution is 2.32. The molecule has 1 amide bonds. The van der Waals surface area contributed by atoms with Gasteiger partial charge in [0.25, 0.3) is 5.91 Å². The number of morpholine rings is 1. The molecule has 3 heterocycles. The van der Waals surface area contributed by atoms with E-state index in [4.69, 9.17) is 9.88 Å². The van der Waals surface area contributed by atoms with Gasteiger partial charge in [-0.15, -0.1) is 0 Å². The van der Waals surface area contributed by atoms with Crippen LogP contribution in [0.5, 0.6) is 0 Å². The molecular weight excluding hydrogens is 407 g/mol. The van der Waals surface area contributed by atoms with E-state index in [1.807, 2.05) is 13.8 Å². The van der Waals surface area contributed by atoms with E-state index in [1.165, 1.54) is 18.3 Å². The molecular formula is C18H22F3N5O2S. The molecule has 3 rings (SSSR count). The van der Waals surface area contributed by atoms with Gasteiger partial charge in [0.1, 0.15) is 10.8 Å². The van der Waals surface area contributed by atoms with E-state index in [2.05, 4.69) is 15.3 Å². The van der Waals surface area contributed by atoms with Gasteiger partial charge in [-0.05, 0) is 30.1 Å². The number of rotatable bonds is 4. The molecule has 0 aromatic carbocycles. The summed E-state index contributed by atoms with van der Waals surface area (Å²) < 4.78 is 44.6. The fraction of sp³-hybridized carbons (Fsp3) is 0.389. The number of hydrogen-bond acceptors (Lipinski definition) is 7. The van der Waals surface area contributed by atoms with Gasteiger partial charge in [0.05, 0.1) is 24.3 Å². The van der Waals surface area contributed by atoms with Crippen LogP contribution in [0.2, 0.25) is 0 Å². The van der Waals surface area contributed by atoms with Gasteiger partial charge in [0.2, 0.25) is 0 Å². The number of alkyl halides is 3. The van der Waals surface area contributed by atoms with E-state index >= 15 is 0 Å². The third kappa shape index (κ3) is 6.05. The molecule has 0 saturated carbocycles. The molecule has 29 heavy (non-hydrogen) atoms. The van der Waals surface area contributed by atoms with E-state index in [9.17, 15) is 18.0 Å². The maximum Gasteiger partial charge on any atom is 0.417 e. The van der Waals surface area contributed by atoms with Gasteiger partial charge in [0.15, 0.2) is 0 Å². The number of pyridine rings is 2. The average molecular weight is 429 g/mol. The van der Waals surface area contributed by atoms with Crippen LogP contribution in [0.4, 0.5) is 24.7 Å². The summed E-state index contributed by atoms with van der Waals surface area (Å²) in [5.74, 6) is -0.513. The molecule has 0 atom stereocenters. The first-order chi connectivity index (χ1) is 13.9. The van der Waals surface area contributed by atoms with Crippen LogP contribution >= 0.6 is 11.9 Å². The Bertz CT molecular complexity index is 829. The van der Waals surface area contributed by atoms with Crippen molar-refractivity contribution in [3.05, 3.63) is 41.7 Å². The van der Waals surface area contributed by atoms with E-state index < -0.39 is 17.6 Å². The Kier molecular flexibility index (Phi) is 8.23. The van der Waals surface area contributed by atoms with Gasteiger partial charge in [0, 0.05) is 31.2 Å². The van der Waals surface area contributed by atoms with Gasteiger partial charge < -0.3 is 15.0 Å². The van der Waals surface area contributed by atoms with Crippen molar-refractivity contribution in [2.45, 2.75) is 25.0 Å². The number of halogens is 3. The lowest BCUT2D eigenvalue weighted by molar-refractivity contribution is -0.137. The van der Waals surface area contributed by atoms with Crippen molar-refractivity contribution in [1.29, 1.82) is 0 Å². The summed E-state index contributed by atoms with van der Waals surface area (Å²) in [6.45, 7) is 5.68. The summed E-state index contributed by atoms with van der Waals surface area (Å²) in [5.41, 5.74) is -0.781. The standard InChI is InChI=1S/C16H16F3N5O2S.C2H6/c17-16(18,19)10-7-12(14(22-9-10)24-3-5-26-6-4-24)15(25)23-11-1-2-21-13(8-11)27-20;1-2/h1-2,7-9H,3-6,20H2,(H,21,23,25);1-2H3. The third-order valence-corrected chi connectivity index (χ3v) is 4.33. The highest BCUT2D eigenvalue weighted by atomic mass is 32.2. The van der Waals surface area contributed by atoms with Crippen LogP contribution in [0.3, 0.4) is 0 Å². The highest BCUT2D eigenvalue weighted by Gasteiger charge is 2.33. The van der Waals surface area contributed by atoms with E-state index in [0.717, 1.165) is 24.2 Å². The lowest BCUT2D eigenvalue weighted by atomic mass is 10.1. The quantitative estimate of drug-likeness (QED) is 0.718. The Balaban J connectivity index is 0.00000145. The van der Waals surface area contributed by atoms with Crippen LogP contribution in [-0.2, 0) is 10.9 Å². The van der Waals surface area contributed by atoms with Crippen molar-refractivity contribution >= 4 is 29.4 Å². The molecule has 0 spiro atoms. The molecule has 7 nitrogen and oxygen atoms in total. The van der Waals surface area contributed by atoms with Gasteiger partial charge >= 0.3 is 6.18 Å². The van der Waals surface area contributed by atoms with Crippen molar-refractivity contribution in [2.24, 2.45) is 5.14 Å². The largest absolute Gasteiger partial charge is 0.417 e. The molecule has 1 saturated heterocycles. The number of aromatic nitrogens is 2. The van der Waals surface area contributed by atoms with Gasteiger partial charge in [-0.3, -0.25) is 9.93 Å². The SMILES string of the molecule is CC.NSc1cc(NC(=O)c2cc(C(F)(F)F)cnc2N2CCOCC2)ccn1. The molecule has 158 valence electrons. The van der Waals surface area contributed by atoms with E-state index in [-0.39, 0.29) is 11.4 Å². The summed E-state index contributed by atoms with van der Waals surface area (Å²) >= 11 is 0.892. The van der Waals surface area contributed by atoms with Crippen LogP contribution in [0.25, 0.3) is 0 Å². The number of nitrogens with two attached hydrogens (primary N) is 1. The second-order valence-electron chi connectivity index (χ2n) is 5.65. The predicted molar refractivity (Wildman–Crippen MR) is 106 cm³/mol. The number of anilines is 2. The molecule has 11 heteroatoms. The first kappa shape index (κ1) is 22.9. The van der Waals surface area contributed by atoms with E-state index in [1.54, 1.807) is 4.90 Å². The van der Waals surface area contributed by atoms with Gasteiger partial charge in [-0.25, -0.2) is 9.97 Å². The Hall–Kier alpha value is -2.37. The van der Waals surface area contributed by atoms with Gasteiger partial charge in [-0.2, -0.15) is 13.2 Å². The maximum absolute atomic E-state index is 13.1. The molecule has 1 aliphatic rings. The van der Waals surface area contributed by atoms with Crippen LogP contribution in [0.1, 0.15) is 29.8 Å². The minimum absolute atomic E-state index is 0.162. The summed E-state index contributed by atoms with van der Waals surface area (Å²) in [6, 6.07) is 3.86. The number of ether oxygens (including phenoxy) is 1. The van der Waals surface area contributed by atoms with Crippen molar-refractivity contribution < 1.29 is 22.7 Å². The number of carbonyl (C=O) groups is 1. The van der Waals surface area contributed by atoms with Crippen LogP contribution < -0.4 is 15.4 Å². The monoisotopic (exact) mass is 429 g/mol. The van der Waals surface area contributed by atoms with Crippen molar-refractivity contribution in [1.82, 2.24) is 9.97 Å². The molecule has 1 aliphatic heterocycles. The molecule has 0 unspecified atom stereocenters. The van der Waals surface area contributed by atoms with E-state index in [0.29, 0.717) is 37.0 Å².